The summed E-state index contributed by atoms with van der Waals surface area (Å²) in [7, 11) is 0. The van der Waals surface area contributed by atoms with E-state index < -0.39 is 5.97 Å². The summed E-state index contributed by atoms with van der Waals surface area (Å²) in [6, 6.07) is 17.0. The number of ether oxygens (including phenoxy) is 1. The third-order valence-electron chi connectivity index (χ3n) is 3.42. The topological polar surface area (TPSA) is 75.6 Å². The Hall–Kier alpha value is -2.82. The fourth-order valence-corrected chi connectivity index (χ4v) is 2.16. The lowest BCUT2D eigenvalue weighted by atomic mass is 10.1. The molecular weight excluding hydrogens is 306 g/mol. The van der Waals surface area contributed by atoms with Crippen molar-refractivity contribution in [3.05, 3.63) is 65.7 Å². The fraction of sp³-hybridized carbons (Fsp3) is 0.263. The van der Waals surface area contributed by atoms with Gasteiger partial charge in [-0.25, -0.2) is 0 Å². The summed E-state index contributed by atoms with van der Waals surface area (Å²) in [5.41, 5.74) is 1.97. The SMILES string of the molecule is O=C(O)CCCOc1ccc(CNC(=O)Cc2ccccc2)cc1. The van der Waals surface area contributed by atoms with Crippen molar-refractivity contribution in [2.45, 2.75) is 25.8 Å². The molecule has 0 bridgehead atoms. The Morgan fingerprint density at radius 1 is 0.958 bits per heavy atom. The molecule has 0 radical (unpaired) electrons. The zero-order valence-corrected chi connectivity index (χ0v) is 13.4. The number of rotatable bonds is 9. The summed E-state index contributed by atoms with van der Waals surface area (Å²) >= 11 is 0. The second-order valence-electron chi connectivity index (χ2n) is 5.43. The molecule has 1 amide bonds. The maximum Gasteiger partial charge on any atom is 0.303 e. The molecule has 0 unspecified atom stereocenters. The minimum atomic E-state index is -0.819. The van der Waals surface area contributed by atoms with Crippen molar-refractivity contribution >= 4 is 11.9 Å². The van der Waals surface area contributed by atoms with E-state index in [2.05, 4.69) is 5.32 Å². The summed E-state index contributed by atoms with van der Waals surface area (Å²) in [5.74, 6) is -0.143. The average Bonchev–Trinajstić information content (AvgIpc) is 2.59. The number of amides is 1. The Morgan fingerprint density at radius 2 is 1.67 bits per heavy atom. The van der Waals surface area contributed by atoms with E-state index >= 15 is 0 Å². The van der Waals surface area contributed by atoms with Gasteiger partial charge in [-0.3, -0.25) is 9.59 Å². The van der Waals surface area contributed by atoms with Crippen molar-refractivity contribution < 1.29 is 19.4 Å². The number of hydrogen-bond acceptors (Lipinski definition) is 3. The van der Waals surface area contributed by atoms with Gasteiger partial charge in [0, 0.05) is 13.0 Å². The van der Waals surface area contributed by atoms with Crippen LogP contribution in [0.25, 0.3) is 0 Å². The molecule has 0 spiro atoms. The van der Waals surface area contributed by atoms with Crippen LogP contribution in [0.4, 0.5) is 0 Å². The van der Waals surface area contributed by atoms with E-state index in [0.717, 1.165) is 11.1 Å². The van der Waals surface area contributed by atoms with E-state index in [1.54, 1.807) is 0 Å². The van der Waals surface area contributed by atoms with Crippen molar-refractivity contribution in [2.75, 3.05) is 6.61 Å². The Labute approximate surface area is 141 Å². The van der Waals surface area contributed by atoms with Crippen LogP contribution in [-0.4, -0.2) is 23.6 Å². The largest absolute Gasteiger partial charge is 0.494 e. The predicted molar refractivity (Wildman–Crippen MR) is 90.8 cm³/mol. The molecule has 0 atom stereocenters. The first-order chi connectivity index (χ1) is 11.6. The zero-order valence-electron chi connectivity index (χ0n) is 13.4. The van der Waals surface area contributed by atoms with Crippen LogP contribution in [0.2, 0.25) is 0 Å². The lowest BCUT2D eigenvalue weighted by Gasteiger charge is -2.08. The van der Waals surface area contributed by atoms with Gasteiger partial charge in [-0.2, -0.15) is 0 Å². The molecule has 2 N–H and O–H groups in total. The standard InChI is InChI=1S/C19H21NO4/c21-18(13-15-5-2-1-3-6-15)20-14-16-8-10-17(11-9-16)24-12-4-7-19(22)23/h1-3,5-6,8-11H,4,7,12-14H2,(H,20,21)(H,22,23). The molecule has 0 aliphatic heterocycles. The van der Waals surface area contributed by atoms with Crippen LogP contribution in [-0.2, 0) is 22.6 Å². The van der Waals surface area contributed by atoms with Gasteiger partial charge in [0.15, 0.2) is 0 Å². The summed E-state index contributed by atoms with van der Waals surface area (Å²) in [4.78, 5) is 22.3. The summed E-state index contributed by atoms with van der Waals surface area (Å²) < 4.78 is 5.47. The van der Waals surface area contributed by atoms with Gasteiger partial charge in [0.1, 0.15) is 5.75 Å². The van der Waals surface area contributed by atoms with E-state index in [1.807, 2.05) is 54.6 Å². The maximum absolute atomic E-state index is 11.9. The van der Waals surface area contributed by atoms with Crippen LogP contribution in [0, 0.1) is 0 Å². The van der Waals surface area contributed by atoms with Crippen LogP contribution >= 0.6 is 0 Å². The quantitative estimate of drug-likeness (QED) is 0.695. The number of aliphatic carboxylic acids is 1. The molecule has 0 saturated carbocycles. The molecule has 24 heavy (non-hydrogen) atoms. The maximum atomic E-state index is 11.9. The molecule has 0 aliphatic rings. The Kier molecular flexibility index (Phi) is 6.83. The van der Waals surface area contributed by atoms with E-state index in [9.17, 15) is 9.59 Å². The molecule has 0 aromatic heterocycles. The molecular formula is C19H21NO4. The Balaban J connectivity index is 1.71. The number of hydrogen-bond donors (Lipinski definition) is 2. The van der Waals surface area contributed by atoms with Crippen molar-refractivity contribution in [1.29, 1.82) is 0 Å². The van der Waals surface area contributed by atoms with Crippen LogP contribution in [0.15, 0.2) is 54.6 Å². The predicted octanol–water partition coefficient (Wildman–Crippen LogP) is 2.79. The summed E-state index contributed by atoms with van der Waals surface area (Å²) in [5, 5.41) is 11.4. The number of carboxylic acid groups (broad SMARTS) is 1. The molecule has 126 valence electrons. The highest BCUT2D eigenvalue weighted by molar-refractivity contribution is 5.78. The highest BCUT2D eigenvalue weighted by Crippen LogP contribution is 2.12. The van der Waals surface area contributed by atoms with Crippen molar-refractivity contribution in [2.24, 2.45) is 0 Å². The molecule has 0 aliphatic carbocycles. The second-order valence-corrected chi connectivity index (χ2v) is 5.43. The van der Waals surface area contributed by atoms with Gasteiger partial charge < -0.3 is 15.2 Å². The first-order valence-corrected chi connectivity index (χ1v) is 7.87. The molecule has 2 aromatic rings. The van der Waals surface area contributed by atoms with Gasteiger partial charge in [0.05, 0.1) is 13.0 Å². The van der Waals surface area contributed by atoms with Gasteiger partial charge in [-0.1, -0.05) is 42.5 Å². The van der Waals surface area contributed by atoms with E-state index in [-0.39, 0.29) is 12.3 Å². The number of carboxylic acids is 1. The monoisotopic (exact) mass is 327 g/mol. The number of carbonyl (C=O) groups excluding carboxylic acids is 1. The van der Waals surface area contributed by atoms with Gasteiger partial charge in [0.2, 0.25) is 5.91 Å². The summed E-state index contributed by atoms with van der Waals surface area (Å²) in [6.45, 7) is 0.838. The third kappa shape index (κ3) is 6.52. The number of nitrogens with one attached hydrogen (secondary N) is 1. The van der Waals surface area contributed by atoms with Crippen LogP contribution < -0.4 is 10.1 Å². The first-order valence-electron chi connectivity index (χ1n) is 7.87. The smallest absolute Gasteiger partial charge is 0.303 e. The van der Waals surface area contributed by atoms with E-state index in [1.165, 1.54) is 0 Å². The van der Waals surface area contributed by atoms with Crippen molar-refractivity contribution in [3.63, 3.8) is 0 Å². The first kappa shape index (κ1) is 17.5. The van der Waals surface area contributed by atoms with Gasteiger partial charge >= 0.3 is 5.97 Å². The second kappa shape index (κ2) is 9.35. The minimum Gasteiger partial charge on any atom is -0.494 e. The van der Waals surface area contributed by atoms with Crippen molar-refractivity contribution in [1.82, 2.24) is 5.32 Å². The lowest BCUT2D eigenvalue weighted by molar-refractivity contribution is -0.137. The molecule has 5 nitrogen and oxygen atoms in total. The van der Waals surface area contributed by atoms with Gasteiger partial charge in [-0.05, 0) is 29.7 Å². The third-order valence-corrected chi connectivity index (χ3v) is 3.42. The minimum absolute atomic E-state index is 0.0183. The molecule has 5 heteroatoms. The Morgan fingerprint density at radius 3 is 2.33 bits per heavy atom. The molecule has 2 rings (SSSR count). The fourth-order valence-electron chi connectivity index (χ4n) is 2.16. The van der Waals surface area contributed by atoms with Crippen LogP contribution in [0.1, 0.15) is 24.0 Å². The van der Waals surface area contributed by atoms with Gasteiger partial charge in [-0.15, -0.1) is 0 Å². The number of benzene rings is 2. The van der Waals surface area contributed by atoms with E-state index in [4.69, 9.17) is 9.84 Å². The molecule has 0 fully saturated rings. The molecule has 2 aromatic carbocycles. The number of carbonyl (C=O) groups is 2. The average molecular weight is 327 g/mol. The van der Waals surface area contributed by atoms with Crippen LogP contribution in [0.5, 0.6) is 5.75 Å². The van der Waals surface area contributed by atoms with Crippen molar-refractivity contribution in [3.8, 4) is 5.75 Å². The summed E-state index contributed by atoms with van der Waals surface area (Å²) in [6.07, 6.45) is 0.948. The zero-order chi connectivity index (χ0) is 17.2. The molecule has 0 heterocycles. The van der Waals surface area contributed by atoms with Gasteiger partial charge in [0.25, 0.3) is 0 Å². The normalized spacial score (nSPS) is 10.2. The highest BCUT2D eigenvalue weighted by atomic mass is 16.5. The van der Waals surface area contributed by atoms with Crippen LogP contribution in [0.3, 0.4) is 0 Å². The van der Waals surface area contributed by atoms with E-state index in [0.29, 0.717) is 31.7 Å². The lowest BCUT2D eigenvalue weighted by Crippen LogP contribution is -2.24. The Bertz CT molecular complexity index is 653. The molecule has 0 saturated heterocycles. The highest BCUT2D eigenvalue weighted by Gasteiger charge is 2.03.